The van der Waals surface area contributed by atoms with Gasteiger partial charge in [-0.05, 0) is 0 Å². The summed E-state index contributed by atoms with van der Waals surface area (Å²) in [6.45, 7) is 2.00. The first kappa shape index (κ1) is 9.94. The standard InChI is InChI=1S/C7H14NO3/c1-6(10-3)8(2)5-7(9)11-4/h5H2,1-4H3/q+1. The van der Waals surface area contributed by atoms with Gasteiger partial charge in [0, 0.05) is 0 Å². The van der Waals surface area contributed by atoms with Gasteiger partial charge >= 0.3 is 11.9 Å². The molecular weight excluding hydrogens is 146 g/mol. The molecule has 0 aromatic rings. The summed E-state index contributed by atoms with van der Waals surface area (Å²) in [4.78, 5) is 10.7. The molecule has 0 rings (SSSR count). The number of rotatable bonds is 2. The molecule has 0 amide bonds. The van der Waals surface area contributed by atoms with Gasteiger partial charge in [-0.25, -0.2) is 4.79 Å². The van der Waals surface area contributed by atoms with E-state index in [0.29, 0.717) is 5.90 Å². The van der Waals surface area contributed by atoms with E-state index in [9.17, 15) is 4.79 Å². The van der Waals surface area contributed by atoms with Crippen LogP contribution in [0.15, 0.2) is 0 Å². The molecule has 4 heteroatoms. The minimum absolute atomic E-state index is 0.218. The lowest BCUT2D eigenvalue weighted by atomic mass is 10.6. The second-order valence-electron chi connectivity index (χ2n) is 2.16. The Morgan fingerprint density at radius 1 is 1.36 bits per heavy atom. The SMILES string of the molecule is COC(=O)C[N+](C)=C(C)OC. The zero-order chi connectivity index (χ0) is 8.85. The zero-order valence-electron chi connectivity index (χ0n) is 7.38. The lowest BCUT2D eigenvalue weighted by Crippen LogP contribution is -2.24. The number of hydrogen-bond acceptors (Lipinski definition) is 3. The molecule has 0 spiro atoms. The topological polar surface area (TPSA) is 38.5 Å². The Bertz CT molecular complexity index is 175. The Kier molecular flexibility index (Phi) is 4.26. The molecule has 0 saturated carbocycles. The summed E-state index contributed by atoms with van der Waals surface area (Å²) in [5.41, 5.74) is 0. The number of carbonyl (C=O) groups is 1. The van der Waals surface area contributed by atoms with Crippen LogP contribution in [-0.2, 0) is 14.3 Å². The third kappa shape index (κ3) is 3.60. The van der Waals surface area contributed by atoms with Crippen molar-refractivity contribution in [3.8, 4) is 0 Å². The molecule has 4 nitrogen and oxygen atoms in total. The third-order valence-electron chi connectivity index (χ3n) is 1.43. The fourth-order valence-electron chi connectivity index (χ4n) is 0.525. The van der Waals surface area contributed by atoms with Gasteiger partial charge < -0.3 is 9.47 Å². The van der Waals surface area contributed by atoms with Crippen molar-refractivity contribution in [2.24, 2.45) is 0 Å². The average Bonchev–Trinajstić information content (AvgIpc) is 2.02. The molecule has 0 aliphatic carbocycles. The van der Waals surface area contributed by atoms with Crippen LogP contribution in [0.1, 0.15) is 6.92 Å². The summed E-state index contributed by atoms with van der Waals surface area (Å²) in [7, 11) is 4.68. The molecular formula is C7H14NO3+. The van der Waals surface area contributed by atoms with E-state index >= 15 is 0 Å². The van der Waals surface area contributed by atoms with Crippen molar-refractivity contribution in [3.05, 3.63) is 0 Å². The highest BCUT2D eigenvalue weighted by Crippen LogP contribution is 1.80. The van der Waals surface area contributed by atoms with Gasteiger partial charge in [-0.1, -0.05) is 0 Å². The minimum atomic E-state index is -0.274. The predicted octanol–water partition coefficient (Wildman–Crippen LogP) is -0.134. The first-order valence-corrected chi connectivity index (χ1v) is 3.27. The number of methoxy groups -OCH3 is 2. The quantitative estimate of drug-likeness (QED) is 0.244. The van der Waals surface area contributed by atoms with E-state index in [1.807, 2.05) is 0 Å². The van der Waals surface area contributed by atoms with Gasteiger partial charge in [-0.2, -0.15) is 4.58 Å². The number of hydrogen-bond donors (Lipinski definition) is 0. The second-order valence-corrected chi connectivity index (χ2v) is 2.16. The van der Waals surface area contributed by atoms with E-state index in [4.69, 9.17) is 4.74 Å². The van der Waals surface area contributed by atoms with E-state index in [1.165, 1.54) is 7.11 Å². The van der Waals surface area contributed by atoms with Crippen LogP contribution in [0.2, 0.25) is 0 Å². The zero-order valence-corrected chi connectivity index (χ0v) is 7.38. The third-order valence-corrected chi connectivity index (χ3v) is 1.43. The molecule has 0 aliphatic heterocycles. The number of esters is 1. The normalized spacial score (nSPS) is 12.0. The summed E-state index contributed by atoms with van der Waals surface area (Å²) in [5.74, 6) is 0.416. The van der Waals surface area contributed by atoms with Gasteiger partial charge in [-0.3, -0.25) is 0 Å². The maximum Gasteiger partial charge on any atom is 0.372 e. The van der Waals surface area contributed by atoms with Crippen molar-refractivity contribution in [3.63, 3.8) is 0 Å². The largest absolute Gasteiger partial charge is 0.464 e. The number of carbonyl (C=O) groups excluding carboxylic acids is 1. The molecule has 0 saturated heterocycles. The fourth-order valence-corrected chi connectivity index (χ4v) is 0.525. The second kappa shape index (κ2) is 4.71. The monoisotopic (exact) mass is 160 g/mol. The summed E-state index contributed by atoms with van der Waals surface area (Å²) in [5, 5.41) is 0. The van der Waals surface area contributed by atoms with Crippen molar-refractivity contribution in [2.45, 2.75) is 6.92 Å². The van der Waals surface area contributed by atoms with Crippen LogP contribution < -0.4 is 0 Å². The van der Waals surface area contributed by atoms with Gasteiger partial charge in [0.25, 0.3) is 0 Å². The van der Waals surface area contributed by atoms with Crippen LogP contribution in [0, 0.1) is 0 Å². The predicted molar refractivity (Wildman–Crippen MR) is 40.8 cm³/mol. The van der Waals surface area contributed by atoms with E-state index in [0.717, 1.165) is 0 Å². The van der Waals surface area contributed by atoms with Crippen LogP contribution in [-0.4, -0.2) is 44.3 Å². The Balaban J connectivity index is 4.05. The van der Waals surface area contributed by atoms with E-state index in [1.54, 1.807) is 25.7 Å². The van der Waals surface area contributed by atoms with Crippen molar-refractivity contribution in [2.75, 3.05) is 27.8 Å². The summed E-state index contributed by atoms with van der Waals surface area (Å²) in [6.07, 6.45) is 0. The highest BCUT2D eigenvalue weighted by Gasteiger charge is 2.10. The minimum Gasteiger partial charge on any atom is -0.464 e. The van der Waals surface area contributed by atoms with Crippen molar-refractivity contribution >= 4 is 11.9 Å². The summed E-state index contributed by atoms with van der Waals surface area (Å²) < 4.78 is 11.0. The number of nitrogens with zero attached hydrogens (tertiary/aromatic N) is 1. The molecule has 0 bridgehead atoms. The van der Waals surface area contributed by atoms with Gasteiger partial charge in [-0.15, -0.1) is 0 Å². The van der Waals surface area contributed by atoms with Crippen molar-refractivity contribution < 1.29 is 18.8 Å². The van der Waals surface area contributed by atoms with Crippen molar-refractivity contribution in [1.29, 1.82) is 0 Å². The molecule has 0 fully saturated rings. The first-order valence-electron chi connectivity index (χ1n) is 3.27. The van der Waals surface area contributed by atoms with Gasteiger partial charge in [0.1, 0.15) is 7.05 Å². The average molecular weight is 160 g/mol. The Hall–Kier alpha value is -1.06. The van der Waals surface area contributed by atoms with Crippen LogP contribution in [0.5, 0.6) is 0 Å². The van der Waals surface area contributed by atoms with Gasteiger partial charge in [0.15, 0.2) is 0 Å². The Labute approximate surface area is 66.4 Å². The molecule has 0 aromatic carbocycles. The summed E-state index contributed by atoms with van der Waals surface area (Å²) >= 11 is 0. The van der Waals surface area contributed by atoms with Crippen molar-refractivity contribution in [1.82, 2.24) is 0 Å². The molecule has 0 aromatic heterocycles. The maximum absolute atomic E-state index is 10.7. The van der Waals surface area contributed by atoms with Gasteiger partial charge in [0.05, 0.1) is 21.1 Å². The van der Waals surface area contributed by atoms with Crippen LogP contribution >= 0.6 is 0 Å². The Morgan fingerprint density at radius 3 is 2.27 bits per heavy atom. The molecule has 0 N–H and O–H groups in total. The molecule has 0 heterocycles. The van der Waals surface area contributed by atoms with E-state index < -0.39 is 0 Å². The molecule has 0 atom stereocenters. The molecule has 0 aliphatic rings. The molecule has 0 radical (unpaired) electrons. The lowest BCUT2D eigenvalue weighted by molar-refractivity contribution is -0.496. The molecule has 11 heavy (non-hydrogen) atoms. The Morgan fingerprint density at radius 2 is 1.91 bits per heavy atom. The number of ether oxygens (including phenoxy) is 2. The molecule has 64 valence electrons. The summed E-state index contributed by atoms with van der Waals surface area (Å²) in [6, 6.07) is 0. The lowest BCUT2D eigenvalue weighted by Gasteiger charge is -1.99. The fraction of sp³-hybridized carbons (Fsp3) is 0.714. The van der Waals surface area contributed by atoms with Crippen LogP contribution in [0.3, 0.4) is 0 Å². The highest BCUT2D eigenvalue weighted by atomic mass is 16.5. The van der Waals surface area contributed by atoms with Crippen LogP contribution in [0.4, 0.5) is 0 Å². The molecule has 0 unspecified atom stereocenters. The van der Waals surface area contributed by atoms with Gasteiger partial charge in [0.2, 0.25) is 6.54 Å². The van der Waals surface area contributed by atoms with Crippen LogP contribution in [0.25, 0.3) is 0 Å². The number of likely N-dealkylation sites (N-methyl/N-ethyl adjacent to an activating group) is 1. The highest BCUT2D eigenvalue weighted by molar-refractivity contribution is 5.73. The van der Waals surface area contributed by atoms with E-state index in [-0.39, 0.29) is 12.5 Å². The smallest absolute Gasteiger partial charge is 0.372 e. The first-order chi connectivity index (χ1) is 5.11. The van der Waals surface area contributed by atoms with E-state index in [2.05, 4.69) is 4.74 Å². The maximum atomic E-state index is 10.7.